The lowest BCUT2D eigenvalue weighted by Gasteiger charge is -2.08. The standard InChI is InChI=1S/C18H18ClN3O3/c1-20-16(23)10-12-6-8-13(9-7-12)22-17(24)11-21-18(25)14-4-2-3-5-15(14)19/h2-9H,10-11H2,1H3,(H,20,23)(H,21,25)(H,22,24). The van der Waals surface area contributed by atoms with Crippen LogP contribution in [0.2, 0.25) is 5.02 Å². The molecule has 3 N–H and O–H groups in total. The molecule has 2 aromatic carbocycles. The van der Waals surface area contributed by atoms with Gasteiger partial charge in [0, 0.05) is 12.7 Å². The average Bonchev–Trinajstić information content (AvgIpc) is 2.61. The van der Waals surface area contributed by atoms with Crippen molar-refractivity contribution in [3.63, 3.8) is 0 Å². The second-order valence-electron chi connectivity index (χ2n) is 5.26. The highest BCUT2D eigenvalue weighted by atomic mass is 35.5. The summed E-state index contributed by atoms with van der Waals surface area (Å²) in [4.78, 5) is 35.2. The molecule has 3 amide bonds. The van der Waals surface area contributed by atoms with Crippen molar-refractivity contribution in [2.75, 3.05) is 18.9 Å². The third kappa shape index (κ3) is 5.61. The molecule has 6 nitrogen and oxygen atoms in total. The van der Waals surface area contributed by atoms with Gasteiger partial charge in [-0.15, -0.1) is 0 Å². The summed E-state index contributed by atoms with van der Waals surface area (Å²) in [5, 5.41) is 8.06. The Hall–Kier alpha value is -2.86. The number of amides is 3. The van der Waals surface area contributed by atoms with Gasteiger partial charge in [-0.2, -0.15) is 0 Å². The number of benzene rings is 2. The second-order valence-corrected chi connectivity index (χ2v) is 5.66. The summed E-state index contributed by atoms with van der Waals surface area (Å²) in [6, 6.07) is 13.5. The summed E-state index contributed by atoms with van der Waals surface area (Å²) >= 11 is 5.94. The maximum atomic E-state index is 12.0. The van der Waals surface area contributed by atoms with Crippen LogP contribution in [-0.4, -0.2) is 31.3 Å². The van der Waals surface area contributed by atoms with Crippen molar-refractivity contribution < 1.29 is 14.4 Å². The number of rotatable bonds is 6. The minimum atomic E-state index is -0.415. The van der Waals surface area contributed by atoms with Crippen LogP contribution in [0, 0.1) is 0 Å². The van der Waals surface area contributed by atoms with Crippen LogP contribution in [0.15, 0.2) is 48.5 Å². The lowest BCUT2D eigenvalue weighted by Crippen LogP contribution is -2.33. The van der Waals surface area contributed by atoms with Crippen LogP contribution in [0.1, 0.15) is 15.9 Å². The summed E-state index contributed by atoms with van der Waals surface area (Å²) in [7, 11) is 1.58. The van der Waals surface area contributed by atoms with Crippen molar-refractivity contribution in [1.29, 1.82) is 0 Å². The first kappa shape index (κ1) is 18.5. The summed E-state index contributed by atoms with van der Waals surface area (Å²) in [6.45, 7) is -0.177. The predicted octanol–water partition coefficient (Wildman–Crippen LogP) is 2.00. The number of carbonyl (C=O) groups excluding carboxylic acids is 3. The van der Waals surface area contributed by atoms with Gasteiger partial charge in [0.2, 0.25) is 11.8 Å². The Morgan fingerprint density at radius 1 is 0.960 bits per heavy atom. The zero-order chi connectivity index (χ0) is 18.2. The Morgan fingerprint density at radius 2 is 1.64 bits per heavy atom. The van der Waals surface area contributed by atoms with Crippen LogP contribution in [0.3, 0.4) is 0 Å². The monoisotopic (exact) mass is 359 g/mol. The number of hydrogen-bond donors (Lipinski definition) is 3. The Morgan fingerprint density at radius 3 is 2.28 bits per heavy atom. The lowest BCUT2D eigenvalue weighted by atomic mass is 10.1. The van der Waals surface area contributed by atoms with Crippen molar-refractivity contribution in [2.45, 2.75) is 6.42 Å². The molecular weight excluding hydrogens is 342 g/mol. The maximum Gasteiger partial charge on any atom is 0.253 e. The van der Waals surface area contributed by atoms with E-state index in [2.05, 4.69) is 16.0 Å². The molecule has 0 bridgehead atoms. The van der Waals surface area contributed by atoms with E-state index in [9.17, 15) is 14.4 Å². The Bertz CT molecular complexity index is 775. The third-order valence-corrected chi connectivity index (χ3v) is 3.74. The summed E-state index contributed by atoms with van der Waals surface area (Å²) < 4.78 is 0. The lowest BCUT2D eigenvalue weighted by molar-refractivity contribution is -0.120. The number of nitrogens with one attached hydrogen (secondary N) is 3. The molecule has 0 aromatic heterocycles. The topological polar surface area (TPSA) is 87.3 Å². The zero-order valence-electron chi connectivity index (χ0n) is 13.6. The van der Waals surface area contributed by atoms with Gasteiger partial charge in [0.25, 0.3) is 5.91 Å². The molecule has 2 aromatic rings. The molecule has 0 fully saturated rings. The smallest absolute Gasteiger partial charge is 0.253 e. The van der Waals surface area contributed by atoms with Gasteiger partial charge in [-0.05, 0) is 29.8 Å². The van der Waals surface area contributed by atoms with Gasteiger partial charge in [0.05, 0.1) is 23.6 Å². The average molecular weight is 360 g/mol. The van der Waals surface area contributed by atoms with Gasteiger partial charge in [0.1, 0.15) is 0 Å². The molecule has 0 aliphatic heterocycles. The van der Waals surface area contributed by atoms with Gasteiger partial charge < -0.3 is 16.0 Å². The Balaban J connectivity index is 1.85. The van der Waals surface area contributed by atoms with E-state index in [1.54, 1.807) is 55.6 Å². The second kappa shape index (κ2) is 8.84. The van der Waals surface area contributed by atoms with Crippen LogP contribution in [0.25, 0.3) is 0 Å². The molecule has 130 valence electrons. The number of halogens is 1. The number of hydrogen-bond acceptors (Lipinski definition) is 3. The van der Waals surface area contributed by atoms with Crippen LogP contribution < -0.4 is 16.0 Å². The quantitative estimate of drug-likeness (QED) is 0.737. The van der Waals surface area contributed by atoms with Crippen molar-refractivity contribution in [3.8, 4) is 0 Å². The van der Waals surface area contributed by atoms with E-state index in [-0.39, 0.29) is 24.8 Å². The van der Waals surface area contributed by atoms with Gasteiger partial charge >= 0.3 is 0 Å². The molecule has 7 heteroatoms. The van der Waals surface area contributed by atoms with E-state index in [1.807, 2.05) is 0 Å². The van der Waals surface area contributed by atoms with Gasteiger partial charge in [0.15, 0.2) is 0 Å². The van der Waals surface area contributed by atoms with Crippen LogP contribution >= 0.6 is 11.6 Å². The van der Waals surface area contributed by atoms with Crippen molar-refractivity contribution in [1.82, 2.24) is 10.6 Å². The summed E-state index contributed by atoms with van der Waals surface area (Å²) in [5.74, 6) is -0.861. The highest BCUT2D eigenvalue weighted by molar-refractivity contribution is 6.33. The highest BCUT2D eigenvalue weighted by Gasteiger charge is 2.11. The first-order chi connectivity index (χ1) is 12.0. The Labute approximate surface area is 150 Å². The van der Waals surface area contributed by atoms with E-state index in [4.69, 9.17) is 11.6 Å². The van der Waals surface area contributed by atoms with Gasteiger partial charge in [-0.25, -0.2) is 0 Å². The molecular formula is C18H18ClN3O3. The normalized spacial score (nSPS) is 10.0. The highest BCUT2D eigenvalue weighted by Crippen LogP contribution is 2.14. The molecule has 0 radical (unpaired) electrons. The van der Waals surface area contributed by atoms with Gasteiger partial charge in [-0.3, -0.25) is 14.4 Å². The van der Waals surface area contributed by atoms with E-state index >= 15 is 0 Å². The summed E-state index contributed by atoms with van der Waals surface area (Å²) in [5.41, 5.74) is 1.73. The molecule has 0 aliphatic carbocycles. The predicted molar refractivity (Wildman–Crippen MR) is 96.6 cm³/mol. The minimum absolute atomic E-state index is 0.0842. The van der Waals surface area contributed by atoms with Crippen LogP contribution in [-0.2, 0) is 16.0 Å². The fourth-order valence-electron chi connectivity index (χ4n) is 2.09. The first-order valence-corrected chi connectivity index (χ1v) is 7.99. The minimum Gasteiger partial charge on any atom is -0.359 e. The molecule has 0 saturated heterocycles. The first-order valence-electron chi connectivity index (χ1n) is 7.61. The molecule has 0 aliphatic rings. The molecule has 0 atom stereocenters. The van der Waals surface area contributed by atoms with Gasteiger partial charge in [-0.1, -0.05) is 35.9 Å². The maximum absolute atomic E-state index is 12.0. The molecule has 25 heavy (non-hydrogen) atoms. The fourth-order valence-corrected chi connectivity index (χ4v) is 2.31. The fraction of sp³-hybridized carbons (Fsp3) is 0.167. The molecule has 0 spiro atoms. The molecule has 0 saturated carbocycles. The third-order valence-electron chi connectivity index (χ3n) is 3.41. The molecule has 0 unspecified atom stereocenters. The number of carbonyl (C=O) groups is 3. The van der Waals surface area contributed by atoms with Crippen LogP contribution in [0.4, 0.5) is 5.69 Å². The number of anilines is 1. The van der Waals surface area contributed by atoms with E-state index in [1.165, 1.54) is 0 Å². The van der Waals surface area contributed by atoms with E-state index in [0.717, 1.165) is 5.56 Å². The van der Waals surface area contributed by atoms with Crippen molar-refractivity contribution >= 4 is 35.0 Å². The molecule has 2 rings (SSSR count). The largest absolute Gasteiger partial charge is 0.359 e. The van der Waals surface area contributed by atoms with Crippen molar-refractivity contribution in [3.05, 3.63) is 64.7 Å². The van der Waals surface area contributed by atoms with E-state index < -0.39 is 5.91 Å². The van der Waals surface area contributed by atoms with E-state index in [0.29, 0.717) is 16.3 Å². The molecule has 0 heterocycles. The van der Waals surface area contributed by atoms with Crippen molar-refractivity contribution in [2.24, 2.45) is 0 Å². The summed E-state index contributed by atoms with van der Waals surface area (Å²) in [6.07, 6.45) is 0.276. The van der Waals surface area contributed by atoms with Crippen LogP contribution in [0.5, 0.6) is 0 Å². The zero-order valence-corrected chi connectivity index (χ0v) is 14.4. The SMILES string of the molecule is CNC(=O)Cc1ccc(NC(=O)CNC(=O)c2ccccc2Cl)cc1. The Kier molecular flexibility index (Phi) is 6.54. The number of likely N-dealkylation sites (N-methyl/N-ethyl adjacent to an activating group) is 1.